The molecule has 2 aliphatic heterocycles. The predicted molar refractivity (Wildman–Crippen MR) is 125 cm³/mol. The van der Waals surface area contributed by atoms with Crippen molar-refractivity contribution < 1.29 is 14.4 Å². The molecule has 3 fully saturated rings. The van der Waals surface area contributed by atoms with E-state index in [0.717, 1.165) is 24.0 Å². The Morgan fingerprint density at radius 2 is 1.33 bits per heavy atom. The van der Waals surface area contributed by atoms with E-state index >= 15 is 0 Å². The summed E-state index contributed by atoms with van der Waals surface area (Å²) in [6.45, 7) is 2.85. The Bertz CT molecular complexity index is 998. The summed E-state index contributed by atoms with van der Waals surface area (Å²) in [4.78, 5) is 44.9. The van der Waals surface area contributed by atoms with Gasteiger partial charge in [0.15, 0.2) is 0 Å². The van der Waals surface area contributed by atoms with Crippen LogP contribution in [-0.2, 0) is 20.9 Å². The number of benzene rings is 2. The number of piperazine rings is 1. The molecule has 1 aliphatic carbocycles. The van der Waals surface area contributed by atoms with Gasteiger partial charge in [-0.1, -0.05) is 60.7 Å². The molecule has 3 amide bonds. The monoisotopic (exact) mass is 445 g/mol. The van der Waals surface area contributed by atoms with Crippen molar-refractivity contribution >= 4 is 17.7 Å². The fourth-order valence-corrected chi connectivity index (χ4v) is 5.21. The highest BCUT2D eigenvalue weighted by Crippen LogP contribution is 2.39. The maximum absolute atomic E-state index is 13.7. The fraction of sp³-hybridized carbons (Fsp3) is 0.444. The van der Waals surface area contributed by atoms with Crippen LogP contribution in [0.15, 0.2) is 60.7 Å². The second-order valence-electron chi connectivity index (χ2n) is 9.43. The number of rotatable bonds is 5. The first-order valence-electron chi connectivity index (χ1n) is 12.1. The summed E-state index contributed by atoms with van der Waals surface area (Å²) in [6, 6.07) is 19.6. The van der Waals surface area contributed by atoms with E-state index in [1.165, 1.54) is 0 Å². The molecule has 3 aliphatic rings. The molecule has 0 aromatic heterocycles. The van der Waals surface area contributed by atoms with Crippen molar-refractivity contribution in [3.8, 4) is 0 Å². The number of hydrogen-bond acceptors (Lipinski definition) is 3. The first-order valence-corrected chi connectivity index (χ1v) is 12.1. The highest BCUT2D eigenvalue weighted by Gasteiger charge is 2.43. The van der Waals surface area contributed by atoms with Crippen molar-refractivity contribution in [2.45, 2.75) is 38.3 Å². The molecule has 1 saturated carbocycles. The van der Waals surface area contributed by atoms with Gasteiger partial charge in [0.1, 0.15) is 0 Å². The van der Waals surface area contributed by atoms with Crippen LogP contribution in [0.2, 0.25) is 0 Å². The number of carbonyl (C=O) groups is 3. The maximum Gasteiger partial charge on any atom is 0.228 e. The van der Waals surface area contributed by atoms with E-state index in [1.807, 2.05) is 75.4 Å². The Labute approximate surface area is 195 Å². The van der Waals surface area contributed by atoms with E-state index < -0.39 is 0 Å². The Kier molecular flexibility index (Phi) is 6.16. The molecule has 0 radical (unpaired) electrons. The zero-order valence-corrected chi connectivity index (χ0v) is 18.9. The van der Waals surface area contributed by atoms with E-state index in [1.54, 1.807) is 0 Å². The average Bonchev–Trinajstić information content (AvgIpc) is 3.71. The largest absolute Gasteiger partial charge is 0.339 e. The van der Waals surface area contributed by atoms with Gasteiger partial charge in [-0.05, 0) is 30.4 Å². The van der Waals surface area contributed by atoms with Gasteiger partial charge in [0.05, 0.1) is 12.0 Å². The minimum absolute atomic E-state index is 0.0941. The summed E-state index contributed by atoms with van der Waals surface area (Å²) in [7, 11) is 0. The van der Waals surface area contributed by atoms with Crippen LogP contribution >= 0.6 is 0 Å². The topological polar surface area (TPSA) is 60.9 Å². The summed E-state index contributed by atoms with van der Waals surface area (Å²) in [6.07, 6.45) is 2.95. The Morgan fingerprint density at radius 1 is 0.758 bits per heavy atom. The number of amides is 3. The standard InChI is InChI=1S/C27H31N3O3/c31-24-14-13-23(27(33)29-17-15-28(16-18-29)26(32)22-11-12-22)25(21-9-5-2-6-10-21)30(24)19-20-7-3-1-4-8-20/h1-10,22-23,25H,11-19H2/t23-,25+/m0/s1. The van der Waals surface area contributed by atoms with Crippen molar-refractivity contribution in [2.75, 3.05) is 26.2 Å². The molecule has 6 nitrogen and oxygen atoms in total. The van der Waals surface area contributed by atoms with Crippen LogP contribution in [0.25, 0.3) is 0 Å². The smallest absolute Gasteiger partial charge is 0.228 e. The van der Waals surface area contributed by atoms with Gasteiger partial charge in [-0.3, -0.25) is 14.4 Å². The third-order valence-corrected chi connectivity index (χ3v) is 7.19. The predicted octanol–water partition coefficient (Wildman–Crippen LogP) is 3.25. The third kappa shape index (κ3) is 4.65. The van der Waals surface area contributed by atoms with E-state index in [4.69, 9.17) is 0 Å². The fourth-order valence-electron chi connectivity index (χ4n) is 5.21. The van der Waals surface area contributed by atoms with Crippen LogP contribution in [0.5, 0.6) is 0 Å². The minimum Gasteiger partial charge on any atom is -0.339 e. The molecule has 2 saturated heterocycles. The van der Waals surface area contributed by atoms with Crippen molar-refractivity contribution in [3.63, 3.8) is 0 Å². The first-order chi connectivity index (χ1) is 16.1. The zero-order valence-electron chi connectivity index (χ0n) is 18.9. The van der Waals surface area contributed by atoms with E-state index in [-0.39, 0.29) is 35.6 Å². The van der Waals surface area contributed by atoms with Gasteiger partial charge >= 0.3 is 0 Å². The Morgan fingerprint density at radius 3 is 1.94 bits per heavy atom. The highest BCUT2D eigenvalue weighted by atomic mass is 16.2. The Hall–Kier alpha value is -3.15. The summed E-state index contributed by atoms with van der Waals surface area (Å²) in [5.74, 6) is 0.385. The van der Waals surface area contributed by atoms with E-state index in [0.29, 0.717) is 45.6 Å². The third-order valence-electron chi connectivity index (χ3n) is 7.19. The lowest BCUT2D eigenvalue weighted by molar-refractivity contribution is -0.151. The lowest BCUT2D eigenvalue weighted by Crippen LogP contribution is -2.55. The van der Waals surface area contributed by atoms with Crippen LogP contribution in [0.4, 0.5) is 0 Å². The maximum atomic E-state index is 13.7. The van der Waals surface area contributed by atoms with Crippen molar-refractivity contribution in [3.05, 3.63) is 71.8 Å². The Balaban J connectivity index is 1.36. The van der Waals surface area contributed by atoms with Gasteiger partial charge in [0.2, 0.25) is 17.7 Å². The van der Waals surface area contributed by atoms with Gasteiger partial charge in [-0.2, -0.15) is 0 Å². The van der Waals surface area contributed by atoms with Crippen LogP contribution in [-0.4, -0.2) is 58.6 Å². The van der Waals surface area contributed by atoms with Crippen LogP contribution < -0.4 is 0 Å². The number of carbonyl (C=O) groups excluding carboxylic acids is 3. The summed E-state index contributed by atoms with van der Waals surface area (Å²) < 4.78 is 0. The van der Waals surface area contributed by atoms with Gasteiger partial charge < -0.3 is 14.7 Å². The van der Waals surface area contributed by atoms with Crippen molar-refractivity contribution in [1.82, 2.24) is 14.7 Å². The molecule has 172 valence electrons. The molecular weight excluding hydrogens is 414 g/mol. The summed E-state index contributed by atoms with van der Waals surface area (Å²) in [5, 5.41) is 0. The first kappa shape index (κ1) is 21.7. The molecule has 0 N–H and O–H groups in total. The molecule has 2 atom stereocenters. The van der Waals surface area contributed by atoms with E-state index in [9.17, 15) is 14.4 Å². The molecule has 2 heterocycles. The molecule has 33 heavy (non-hydrogen) atoms. The number of piperidine rings is 1. The molecular formula is C27H31N3O3. The van der Waals surface area contributed by atoms with Gasteiger partial charge in [-0.25, -0.2) is 0 Å². The number of likely N-dealkylation sites (tertiary alicyclic amines) is 1. The molecule has 0 unspecified atom stereocenters. The normalized spacial score (nSPS) is 23.5. The van der Waals surface area contributed by atoms with Gasteiger partial charge in [0.25, 0.3) is 0 Å². The van der Waals surface area contributed by atoms with Crippen LogP contribution in [0, 0.1) is 11.8 Å². The number of nitrogens with zero attached hydrogens (tertiary/aromatic N) is 3. The lowest BCUT2D eigenvalue weighted by atomic mass is 9.82. The lowest BCUT2D eigenvalue weighted by Gasteiger charge is -2.44. The molecule has 5 rings (SSSR count). The zero-order chi connectivity index (χ0) is 22.8. The SMILES string of the molecule is O=C(C1CC1)N1CCN(C(=O)[C@H]2CCC(=O)N(Cc3ccccc3)[C@@H]2c2ccccc2)CC1. The van der Waals surface area contributed by atoms with Gasteiger partial charge in [-0.15, -0.1) is 0 Å². The second-order valence-corrected chi connectivity index (χ2v) is 9.43. The minimum atomic E-state index is -0.286. The van der Waals surface area contributed by atoms with E-state index in [2.05, 4.69) is 0 Å². The van der Waals surface area contributed by atoms with Crippen LogP contribution in [0.1, 0.15) is 42.9 Å². The summed E-state index contributed by atoms with van der Waals surface area (Å²) >= 11 is 0. The quantitative estimate of drug-likeness (QED) is 0.710. The molecule has 0 spiro atoms. The summed E-state index contributed by atoms with van der Waals surface area (Å²) in [5.41, 5.74) is 2.06. The molecule has 0 bridgehead atoms. The molecule has 2 aromatic rings. The average molecular weight is 446 g/mol. The van der Waals surface area contributed by atoms with Crippen LogP contribution in [0.3, 0.4) is 0 Å². The molecule has 6 heteroatoms. The van der Waals surface area contributed by atoms with Crippen molar-refractivity contribution in [2.24, 2.45) is 11.8 Å². The highest BCUT2D eigenvalue weighted by molar-refractivity contribution is 5.86. The second kappa shape index (κ2) is 9.38. The van der Waals surface area contributed by atoms with Crippen molar-refractivity contribution in [1.29, 1.82) is 0 Å². The number of hydrogen-bond donors (Lipinski definition) is 0. The molecule has 2 aromatic carbocycles. The van der Waals surface area contributed by atoms with Gasteiger partial charge in [0, 0.05) is 45.1 Å².